The number of hydrogen-bond acceptors (Lipinski definition) is 3. The summed E-state index contributed by atoms with van der Waals surface area (Å²) in [6, 6.07) is 0. The molecule has 1 atom stereocenters. The van der Waals surface area contributed by atoms with E-state index in [9.17, 15) is 0 Å². The zero-order valence-corrected chi connectivity index (χ0v) is 8.55. The molecule has 0 bridgehead atoms. The molecule has 4 nitrogen and oxygen atoms in total. The Labute approximate surface area is 84.0 Å². The van der Waals surface area contributed by atoms with Crippen LogP contribution in [0.2, 0.25) is 0 Å². The quantitative estimate of drug-likeness (QED) is 0.753. The number of nitrogens with one attached hydrogen (secondary N) is 2. The van der Waals surface area contributed by atoms with E-state index in [1.54, 1.807) is 0 Å². The summed E-state index contributed by atoms with van der Waals surface area (Å²) in [4.78, 5) is 0. The van der Waals surface area contributed by atoms with Gasteiger partial charge in [0.1, 0.15) is 0 Å². The highest BCUT2D eigenvalue weighted by molar-refractivity contribution is 5.13. The maximum atomic E-state index is 5.52. The van der Waals surface area contributed by atoms with Gasteiger partial charge in [-0.3, -0.25) is 5.10 Å². The molecule has 78 valence electrons. The molecule has 1 aliphatic rings. The van der Waals surface area contributed by atoms with Gasteiger partial charge < -0.3 is 10.1 Å². The lowest BCUT2D eigenvalue weighted by molar-refractivity contribution is 0.110. The molecule has 0 saturated carbocycles. The van der Waals surface area contributed by atoms with Crippen molar-refractivity contribution in [3.63, 3.8) is 0 Å². The van der Waals surface area contributed by atoms with Crippen LogP contribution in [-0.4, -0.2) is 29.5 Å². The van der Waals surface area contributed by atoms with Gasteiger partial charge in [0, 0.05) is 31.0 Å². The standard InChI is InChI=1S/C10H17N3O/c1-8-9(6-12-13-8)5-11-7-10-3-2-4-14-10/h6,10-11H,2-5,7H2,1H3,(H,12,13). The van der Waals surface area contributed by atoms with Gasteiger partial charge in [0.2, 0.25) is 0 Å². The first-order chi connectivity index (χ1) is 6.86. The van der Waals surface area contributed by atoms with Crippen LogP contribution in [0.25, 0.3) is 0 Å². The van der Waals surface area contributed by atoms with Gasteiger partial charge in [0.15, 0.2) is 0 Å². The fourth-order valence-corrected chi connectivity index (χ4v) is 1.73. The van der Waals surface area contributed by atoms with Gasteiger partial charge in [-0.1, -0.05) is 0 Å². The summed E-state index contributed by atoms with van der Waals surface area (Å²) < 4.78 is 5.52. The second kappa shape index (κ2) is 4.57. The van der Waals surface area contributed by atoms with Crippen LogP contribution in [0.4, 0.5) is 0 Å². The van der Waals surface area contributed by atoms with E-state index in [2.05, 4.69) is 15.5 Å². The minimum atomic E-state index is 0.419. The highest BCUT2D eigenvalue weighted by atomic mass is 16.5. The normalized spacial score (nSPS) is 21.6. The Morgan fingerprint density at radius 1 is 1.71 bits per heavy atom. The fraction of sp³-hybridized carbons (Fsp3) is 0.700. The second-order valence-corrected chi connectivity index (χ2v) is 3.79. The van der Waals surface area contributed by atoms with Crippen molar-refractivity contribution in [3.05, 3.63) is 17.5 Å². The zero-order valence-electron chi connectivity index (χ0n) is 8.55. The van der Waals surface area contributed by atoms with Crippen LogP contribution in [0, 0.1) is 6.92 Å². The lowest BCUT2D eigenvalue weighted by Gasteiger charge is -2.09. The maximum absolute atomic E-state index is 5.52. The molecule has 2 rings (SSSR count). The summed E-state index contributed by atoms with van der Waals surface area (Å²) in [6.07, 6.45) is 4.69. The molecule has 0 radical (unpaired) electrons. The number of rotatable bonds is 4. The van der Waals surface area contributed by atoms with E-state index in [1.807, 2.05) is 13.1 Å². The number of ether oxygens (including phenoxy) is 1. The van der Waals surface area contributed by atoms with Crippen LogP contribution in [0.3, 0.4) is 0 Å². The van der Waals surface area contributed by atoms with E-state index in [4.69, 9.17) is 4.74 Å². The molecule has 2 N–H and O–H groups in total. The van der Waals surface area contributed by atoms with Crippen LogP contribution < -0.4 is 5.32 Å². The van der Waals surface area contributed by atoms with Gasteiger partial charge >= 0.3 is 0 Å². The first kappa shape index (κ1) is 9.68. The molecule has 2 heterocycles. The number of aromatic amines is 1. The molecule has 4 heteroatoms. The number of H-pyrrole nitrogens is 1. The minimum absolute atomic E-state index is 0.419. The Balaban J connectivity index is 1.70. The minimum Gasteiger partial charge on any atom is -0.377 e. The second-order valence-electron chi connectivity index (χ2n) is 3.79. The van der Waals surface area contributed by atoms with Crippen LogP contribution in [0.5, 0.6) is 0 Å². The third kappa shape index (κ3) is 2.33. The molecule has 1 aromatic rings. The summed E-state index contributed by atoms with van der Waals surface area (Å²) in [5, 5.41) is 10.3. The van der Waals surface area contributed by atoms with Crippen molar-refractivity contribution in [1.82, 2.24) is 15.5 Å². The molecule has 0 amide bonds. The molecule has 0 aromatic carbocycles. The molecule has 1 aromatic heterocycles. The van der Waals surface area contributed by atoms with Crippen molar-refractivity contribution >= 4 is 0 Å². The average molecular weight is 195 g/mol. The zero-order chi connectivity index (χ0) is 9.80. The first-order valence-electron chi connectivity index (χ1n) is 5.17. The van der Waals surface area contributed by atoms with E-state index in [0.717, 1.165) is 25.4 Å². The third-order valence-corrected chi connectivity index (χ3v) is 2.65. The lowest BCUT2D eigenvalue weighted by atomic mass is 10.2. The molecular weight excluding hydrogens is 178 g/mol. The summed E-state index contributed by atoms with van der Waals surface area (Å²) in [6.45, 7) is 4.79. The fourth-order valence-electron chi connectivity index (χ4n) is 1.73. The summed E-state index contributed by atoms with van der Waals surface area (Å²) >= 11 is 0. The van der Waals surface area contributed by atoms with Gasteiger partial charge in [-0.15, -0.1) is 0 Å². The van der Waals surface area contributed by atoms with Crippen molar-refractivity contribution in [1.29, 1.82) is 0 Å². The molecule has 0 aliphatic carbocycles. The summed E-state index contributed by atoms with van der Waals surface area (Å²) in [5.74, 6) is 0. The van der Waals surface area contributed by atoms with Gasteiger partial charge in [-0.25, -0.2) is 0 Å². The van der Waals surface area contributed by atoms with Crippen molar-refractivity contribution in [2.75, 3.05) is 13.2 Å². The molecule has 1 fully saturated rings. The van der Waals surface area contributed by atoms with E-state index >= 15 is 0 Å². The Kier molecular flexibility index (Phi) is 3.16. The maximum Gasteiger partial charge on any atom is 0.0700 e. The van der Waals surface area contributed by atoms with E-state index in [0.29, 0.717) is 6.10 Å². The first-order valence-corrected chi connectivity index (χ1v) is 5.17. The van der Waals surface area contributed by atoms with Crippen LogP contribution in [0.15, 0.2) is 6.20 Å². The molecule has 1 aliphatic heterocycles. The van der Waals surface area contributed by atoms with Crippen molar-refractivity contribution in [3.8, 4) is 0 Å². The predicted octanol–water partition coefficient (Wildman–Crippen LogP) is 0.987. The largest absolute Gasteiger partial charge is 0.377 e. The number of aromatic nitrogens is 2. The van der Waals surface area contributed by atoms with Crippen LogP contribution in [-0.2, 0) is 11.3 Å². The monoisotopic (exact) mass is 195 g/mol. The molecule has 0 spiro atoms. The number of nitrogens with zero attached hydrogens (tertiary/aromatic N) is 1. The lowest BCUT2D eigenvalue weighted by Crippen LogP contribution is -2.25. The van der Waals surface area contributed by atoms with Gasteiger partial charge in [0.05, 0.1) is 12.3 Å². The van der Waals surface area contributed by atoms with Gasteiger partial charge in [0.25, 0.3) is 0 Å². The summed E-state index contributed by atoms with van der Waals surface area (Å²) in [5.41, 5.74) is 2.38. The number of hydrogen-bond donors (Lipinski definition) is 2. The number of aryl methyl sites for hydroxylation is 1. The molecule has 14 heavy (non-hydrogen) atoms. The topological polar surface area (TPSA) is 49.9 Å². The molecule has 1 unspecified atom stereocenters. The Morgan fingerprint density at radius 3 is 3.29 bits per heavy atom. The molecular formula is C10H17N3O. The third-order valence-electron chi connectivity index (χ3n) is 2.65. The Bertz CT molecular complexity index is 279. The van der Waals surface area contributed by atoms with E-state index in [1.165, 1.54) is 18.4 Å². The highest BCUT2D eigenvalue weighted by Crippen LogP contribution is 2.11. The van der Waals surface area contributed by atoms with Crippen LogP contribution in [0.1, 0.15) is 24.1 Å². The van der Waals surface area contributed by atoms with Crippen molar-refractivity contribution in [2.24, 2.45) is 0 Å². The molecule has 1 saturated heterocycles. The Morgan fingerprint density at radius 2 is 2.64 bits per heavy atom. The smallest absolute Gasteiger partial charge is 0.0700 e. The van der Waals surface area contributed by atoms with E-state index < -0.39 is 0 Å². The van der Waals surface area contributed by atoms with Crippen LogP contribution >= 0.6 is 0 Å². The van der Waals surface area contributed by atoms with Crippen molar-refractivity contribution in [2.45, 2.75) is 32.4 Å². The van der Waals surface area contributed by atoms with E-state index in [-0.39, 0.29) is 0 Å². The highest BCUT2D eigenvalue weighted by Gasteiger charge is 2.14. The average Bonchev–Trinajstić information content (AvgIpc) is 2.78. The predicted molar refractivity (Wildman–Crippen MR) is 54.0 cm³/mol. The van der Waals surface area contributed by atoms with Gasteiger partial charge in [-0.05, 0) is 19.8 Å². The Hall–Kier alpha value is -0.870. The SMILES string of the molecule is Cc1[nH]ncc1CNCC1CCCO1. The summed E-state index contributed by atoms with van der Waals surface area (Å²) in [7, 11) is 0. The van der Waals surface area contributed by atoms with Crippen molar-refractivity contribution < 1.29 is 4.74 Å². The van der Waals surface area contributed by atoms with Gasteiger partial charge in [-0.2, -0.15) is 5.10 Å².